The number of fused-ring (bicyclic) bond motifs is 1. The zero-order valence-corrected chi connectivity index (χ0v) is 12.1. The van der Waals surface area contributed by atoms with Gasteiger partial charge in [-0.05, 0) is 30.7 Å². The predicted molar refractivity (Wildman–Crippen MR) is 79.8 cm³/mol. The van der Waals surface area contributed by atoms with Crippen LogP contribution < -0.4 is 9.47 Å². The molecule has 0 saturated carbocycles. The third-order valence-electron chi connectivity index (χ3n) is 3.13. The van der Waals surface area contributed by atoms with Gasteiger partial charge in [0.25, 0.3) is 0 Å². The standard InChI is InChI=1S/C15H16N2O2S/c1-2-3-14-16-11(9-15(20)17-14)10-4-5-12-13(8-10)19-7-6-18-12/h4-5,8-9H,2-3,6-7H2,1H3,(H,16,17,20). The minimum Gasteiger partial charge on any atom is -0.486 e. The van der Waals surface area contributed by atoms with Gasteiger partial charge in [0.15, 0.2) is 11.5 Å². The lowest BCUT2D eigenvalue weighted by Crippen LogP contribution is -2.15. The monoisotopic (exact) mass is 288 g/mol. The fourth-order valence-corrected chi connectivity index (χ4v) is 2.46. The molecule has 0 atom stereocenters. The summed E-state index contributed by atoms with van der Waals surface area (Å²) >= 11 is 5.24. The highest BCUT2D eigenvalue weighted by Crippen LogP contribution is 2.33. The number of ether oxygens (including phenoxy) is 2. The van der Waals surface area contributed by atoms with Crippen LogP contribution in [0.5, 0.6) is 11.5 Å². The molecule has 5 heteroatoms. The van der Waals surface area contributed by atoms with Crippen LogP contribution in [0, 0.1) is 4.64 Å². The van der Waals surface area contributed by atoms with Crippen LogP contribution in [0.4, 0.5) is 0 Å². The second-order valence-electron chi connectivity index (χ2n) is 4.69. The Balaban J connectivity index is 2.02. The van der Waals surface area contributed by atoms with Crippen LogP contribution in [0.2, 0.25) is 0 Å². The number of rotatable bonds is 3. The van der Waals surface area contributed by atoms with Gasteiger partial charge in [0.1, 0.15) is 23.7 Å². The van der Waals surface area contributed by atoms with Crippen molar-refractivity contribution >= 4 is 12.2 Å². The Bertz CT molecular complexity index is 682. The Morgan fingerprint density at radius 2 is 2.00 bits per heavy atom. The summed E-state index contributed by atoms with van der Waals surface area (Å²) in [6.45, 7) is 3.31. The first kappa shape index (κ1) is 13.1. The number of benzene rings is 1. The molecule has 4 nitrogen and oxygen atoms in total. The second-order valence-corrected chi connectivity index (χ2v) is 5.11. The SMILES string of the molecule is CCCc1nc(=S)cc(-c2ccc3c(c2)OCCO3)[nH]1. The number of hydrogen-bond donors (Lipinski definition) is 1. The molecule has 0 unspecified atom stereocenters. The number of aryl methyl sites for hydroxylation is 1. The van der Waals surface area contributed by atoms with Crippen molar-refractivity contribution in [2.45, 2.75) is 19.8 Å². The van der Waals surface area contributed by atoms with E-state index in [2.05, 4.69) is 16.9 Å². The van der Waals surface area contributed by atoms with Gasteiger partial charge >= 0.3 is 0 Å². The topological polar surface area (TPSA) is 47.1 Å². The predicted octanol–water partition coefficient (Wildman–Crippen LogP) is 3.53. The minimum atomic E-state index is 0.587. The summed E-state index contributed by atoms with van der Waals surface area (Å²) in [5.74, 6) is 2.49. The quantitative estimate of drug-likeness (QED) is 0.878. The number of nitrogens with zero attached hydrogens (tertiary/aromatic N) is 1. The van der Waals surface area contributed by atoms with E-state index in [9.17, 15) is 0 Å². The first-order chi connectivity index (χ1) is 9.76. The highest BCUT2D eigenvalue weighted by Gasteiger charge is 2.13. The molecule has 1 aliphatic heterocycles. The van der Waals surface area contributed by atoms with E-state index in [4.69, 9.17) is 21.7 Å². The van der Waals surface area contributed by atoms with E-state index in [0.29, 0.717) is 17.9 Å². The average Bonchev–Trinajstić information content (AvgIpc) is 2.46. The van der Waals surface area contributed by atoms with E-state index in [1.54, 1.807) is 0 Å². The zero-order chi connectivity index (χ0) is 13.9. The van der Waals surface area contributed by atoms with Crippen molar-refractivity contribution in [3.8, 4) is 22.8 Å². The van der Waals surface area contributed by atoms with E-state index in [-0.39, 0.29) is 0 Å². The Hall–Kier alpha value is -1.88. The van der Waals surface area contributed by atoms with Crippen LogP contribution >= 0.6 is 12.2 Å². The highest BCUT2D eigenvalue weighted by molar-refractivity contribution is 7.71. The smallest absolute Gasteiger partial charge is 0.162 e. The number of hydrogen-bond acceptors (Lipinski definition) is 4. The van der Waals surface area contributed by atoms with Gasteiger partial charge in [-0.15, -0.1) is 0 Å². The van der Waals surface area contributed by atoms with Gasteiger partial charge in [0.2, 0.25) is 0 Å². The molecule has 20 heavy (non-hydrogen) atoms. The lowest BCUT2D eigenvalue weighted by Gasteiger charge is -2.19. The summed E-state index contributed by atoms with van der Waals surface area (Å²) in [6.07, 6.45) is 1.92. The maximum atomic E-state index is 5.61. The van der Waals surface area contributed by atoms with Crippen molar-refractivity contribution in [3.63, 3.8) is 0 Å². The van der Waals surface area contributed by atoms with E-state index < -0.39 is 0 Å². The van der Waals surface area contributed by atoms with Crippen LogP contribution in [-0.2, 0) is 6.42 Å². The van der Waals surface area contributed by atoms with Crippen LogP contribution in [0.15, 0.2) is 24.3 Å². The van der Waals surface area contributed by atoms with Gasteiger partial charge in [0, 0.05) is 17.7 Å². The van der Waals surface area contributed by atoms with E-state index in [1.165, 1.54) is 0 Å². The molecule has 3 rings (SSSR count). The Labute approximate surface area is 122 Å². The minimum absolute atomic E-state index is 0.587. The fourth-order valence-electron chi connectivity index (χ4n) is 2.23. The molecule has 0 radical (unpaired) electrons. The van der Waals surface area contributed by atoms with Crippen molar-refractivity contribution < 1.29 is 9.47 Å². The van der Waals surface area contributed by atoms with Gasteiger partial charge in [-0.2, -0.15) is 0 Å². The molecular weight excluding hydrogens is 272 g/mol. The summed E-state index contributed by atoms with van der Waals surface area (Å²) in [6, 6.07) is 7.79. The van der Waals surface area contributed by atoms with Crippen molar-refractivity contribution in [1.82, 2.24) is 9.97 Å². The first-order valence-corrected chi connectivity index (χ1v) is 7.17. The molecule has 1 aromatic heterocycles. The summed E-state index contributed by atoms with van der Waals surface area (Å²) < 4.78 is 11.8. The first-order valence-electron chi connectivity index (χ1n) is 6.76. The third-order valence-corrected chi connectivity index (χ3v) is 3.34. The van der Waals surface area contributed by atoms with E-state index in [1.807, 2.05) is 24.3 Å². The summed E-state index contributed by atoms with van der Waals surface area (Å²) in [7, 11) is 0. The zero-order valence-electron chi connectivity index (χ0n) is 11.3. The Morgan fingerprint density at radius 1 is 1.20 bits per heavy atom. The molecule has 2 heterocycles. The van der Waals surface area contributed by atoms with Crippen LogP contribution in [0.1, 0.15) is 19.2 Å². The Morgan fingerprint density at radius 3 is 2.80 bits per heavy atom. The van der Waals surface area contributed by atoms with Crippen LogP contribution in [-0.4, -0.2) is 23.2 Å². The maximum absolute atomic E-state index is 5.61. The molecule has 1 aromatic carbocycles. The molecule has 0 fully saturated rings. The van der Waals surface area contributed by atoms with Gasteiger partial charge in [0.05, 0.1) is 0 Å². The van der Waals surface area contributed by atoms with Crippen LogP contribution in [0.3, 0.4) is 0 Å². The van der Waals surface area contributed by atoms with E-state index in [0.717, 1.165) is 41.4 Å². The summed E-state index contributed by atoms with van der Waals surface area (Å²) in [4.78, 5) is 7.67. The molecule has 104 valence electrons. The van der Waals surface area contributed by atoms with Gasteiger partial charge in [-0.3, -0.25) is 0 Å². The molecular formula is C15H16N2O2S. The van der Waals surface area contributed by atoms with Crippen molar-refractivity contribution in [2.24, 2.45) is 0 Å². The fraction of sp³-hybridized carbons (Fsp3) is 0.333. The van der Waals surface area contributed by atoms with Crippen molar-refractivity contribution in [3.05, 3.63) is 34.7 Å². The molecule has 0 aliphatic carbocycles. The van der Waals surface area contributed by atoms with E-state index >= 15 is 0 Å². The Kier molecular flexibility index (Phi) is 3.69. The molecule has 0 spiro atoms. The lowest BCUT2D eigenvalue weighted by molar-refractivity contribution is 0.171. The molecule has 1 N–H and O–H groups in total. The number of nitrogens with one attached hydrogen (secondary N) is 1. The molecule has 1 aliphatic rings. The van der Waals surface area contributed by atoms with Crippen molar-refractivity contribution in [1.29, 1.82) is 0 Å². The largest absolute Gasteiger partial charge is 0.486 e. The lowest BCUT2D eigenvalue weighted by atomic mass is 10.1. The van der Waals surface area contributed by atoms with Gasteiger partial charge in [-0.25, -0.2) is 4.98 Å². The molecule has 0 saturated heterocycles. The maximum Gasteiger partial charge on any atom is 0.162 e. The normalized spacial score (nSPS) is 13.2. The average molecular weight is 288 g/mol. The summed E-state index contributed by atoms with van der Waals surface area (Å²) in [5, 5.41) is 0. The second kappa shape index (κ2) is 5.63. The van der Waals surface area contributed by atoms with Crippen LogP contribution in [0.25, 0.3) is 11.3 Å². The number of aromatic amines is 1. The molecule has 0 amide bonds. The highest BCUT2D eigenvalue weighted by atomic mass is 32.1. The number of H-pyrrole nitrogens is 1. The summed E-state index contributed by atoms with van der Waals surface area (Å²) in [5.41, 5.74) is 1.99. The van der Waals surface area contributed by atoms with Gasteiger partial charge < -0.3 is 14.5 Å². The third kappa shape index (κ3) is 2.67. The number of aromatic nitrogens is 2. The van der Waals surface area contributed by atoms with Gasteiger partial charge in [-0.1, -0.05) is 19.1 Å². The van der Waals surface area contributed by atoms with Crippen molar-refractivity contribution in [2.75, 3.05) is 13.2 Å². The molecule has 0 bridgehead atoms. The molecule has 2 aromatic rings.